The van der Waals surface area contributed by atoms with Gasteiger partial charge in [0.15, 0.2) is 0 Å². The van der Waals surface area contributed by atoms with Crippen molar-refractivity contribution in [3.63, 3.8) is 0 Å². The van der Waals surface area contributed by atoms with E-state index in [-0.39, 0.29) is 5.97 Å². The molecule has 4 heteroatoms. The van der Waals surface area contributed by atoms with Crippen molar-refractivity contribution < 1.29 is 9.53 Å². The molecule has 0 spiro atoms. The number of hydrogen-bond acceptors (Lipinski definition) is 4. The lowest BCUT2D eigenvalue weighted by atomic mass is 9.92. The first-order valence-electron chi connectivity index (χ1n) is 5.71. The van der Waals surface area contributed by atoms with Crippen LogP contribution in [-0.2, 0) is 16.0 Å². The number of rotatable bonds is 4. The minimum Gasteiger partial charge on any atom is -0.465 e. The molecule has 1 saturated heterocycles. The Morgan fingerprint density at radius 1 is 1.69 bits per heavy atom. The average molecular weight is 239 g/mol. The predicted molar refractivity (Wildman–Crippen MR) is 64.6 cm³/mol. The second kappa shape index (κ2) is 4.97. The van der Waals surface area contributed by atoms with Crippen LogP contribution in [0.3, 0.4) is 0 Å². The summed E-state index contributed by atoms with van der Waals surface area (Å²) in [5.74, 6) is -0.0964. The van der Waals surface area contributed by atoms with Crippen LogP contribution in [0.4, 0.5) is 0 Å². The minimum absolute atomic E-state index is 0.0964. The van der Waals surface area contributed by atoms with Crippen molar-refractivity contribution in [1.82, 2.24) is 5.32 Å². The van der Waals surface area contributed by atoms with Crippen LogP contribution in [0, 0.1) is 0 Å². The fourth-order valence-electron chi connectivity index (χ4n) is 2.18. The Balaban J connectivity index is 2.12. The molecular weight excluding hydrogens is 222 g/mol. The molecule has 16 heavy (non-hydrogen) atoms. The van der Waals surface area contributed by atoms with Gasteiger partial charge in [-0.05, 0) is 37.8 Å². The normalized spacial score (nSPS) is 24.6. The largest absolute Gasteiger partial charge is 0.465 e. The Morgan fingerprint density at radius 3 is 3.12 bits per heavy atom. The van der Waals surface area contributed by atoms with Crippen LogP contribution in [-0.4, -0.2) is 24.7 Å². The summed E-state index contributed by atoms with van der Waals surface area (Å²) in [4.78, 5) is 13.3. The monoisotopic (exact) mass is 239 g/mol. The molecule has 0 radical (unpaired) electrons. The van der Waals surface area contributed by atoms with Gasteiger partial charge in [-0.2, -0.15) is 0 Å². The summed E-state index contributed by atoms with van der Waals surface area (Å²) in [5, 5.41) is 5.37. The Bertz CT molecular complexity index is 342. The molecule has 1 aromatic rings. The van der Waals surface area contributed by atoms with Gasteiger partial charge in [0, 0.05) is 11.3 Å². The molecule has 1 atom stereocenters. The van der Waals surface area contributed by atoms with Crippen molar-refractivity contribution >= 4 is 17.3 Å². The van der Waals surface area contributed by atoms with Crippen molar-refractivity contribution in [3.8, 4) is 0 Å². The lowest BCUT2D eigenvalue weighted by Gasteiger charge is -2.26. The second-order valence-corrected chi connectivity index (χ2v) is 5.12. The van der Waals surface area contributed by atoms with Gasteiger partial charge in [-0.3, -0.25) is 4.79 Å². The van der Waals surface area contributed by atoms with Crippen molar-refractivity contribution in [2.24, 2.45) is 0 Å². The zero-order chi connectivity index (χ0) is 11.4. The third-order valence-corrected chi connectivity index (χ3v) is 3.84. The van der Waals surface area contributed by atoms with E-state index in [4.69, 9.17) is 4.74 Å². The van der Waals surface area contributed by atoms with E-state index >= 15 is 0 Å². The Hall–Kier alpha value is -0.870. The predicted octanol–water partition coefficient (Wildman–Crippen LogP) is 1.98. The highest BCUT2D eigenvalue weighted by molar-refractivity contribution is 7.09. The van der Waals surface area contributed by atoms with E-state index < -0.39 is 5.54 Å². The van der Waals surface area contributed by atoms with Crippen molar-refractivity contribution in [2.75, 3.05) is 13.2 Å². The summed E-state index contributed by atoms with van der Waals surface area (Å²) in [6, 6.07) is 4.10. The molecule has 1 fully saturated rings. The van der Waals surface area contributed by atoms with Crippen LogP contribution in [0.1, 0.15) is 24.6 Å². The lowest BCUT2D eigenvalue weighted by molar-refractivity contribution is -0.150. The molecule has 1 aliphatic rings. The van der Waals surface area contributed by atoms with Crippen LogP contribution in [0.15, 0.2) is 17.5 Å². The summed E-state index contributed by atoms with van der Waals surface area (Å²) in [6.07, 6.45) is 2.68. The fraction of sp³-hybridized carbons (Fsp3) is 0.583. The molecule has 1 N–H and O–H groups in total. The number of thiophene rings is 1. The molecule has 2 heterocycles. The molecule has 3 nitrogen and oxygen atoms in total. The van der Waals surface area contributed by atoms with Gasteiger partial charge in [-0.25, -0.2) is 0 Å². The first kappa shape index (κ1) is 11.6. The maximum atomic E-state index is 12.0. The molecule has 88 valence electrons. The number of esters is 1. The molecular formula is C12H17NO2S. The zero-order valence-corrected chi connectivity index (χ0v) is 10.3. The third kappa shape index (κ3) is 2.28. The highest BCUT2D eigenvalue weighted by Gasteiger charge is 2.42. The van der Waals surface area contributed by atoms with Gasteiger partial charge in [0.1, 0.15) is 5.54 Å². The zero-order valence-electron chi connectivity index (χ0n) is 9.49. The molecule has 2 rings (SSSR count). The summed E-state index contributed by atoms with van der Waals surface area (Å²) in [5.41, 5.74) is -0.471. The maximum Gasteiger partial charge on any atom is 0.326 e. The minimum atomic E-state index is -0.471. The molecule has 0 amide bonds. The molecule has 0 aliphatic carbocycles. The van der Waals surface area contributed by atoms with E-state index in [1.165, 1.54) is 4.88 Å². The van der Waals surface area contributed by atoms with Crippen LogP contribution < -0.4 is 5.32 Å². The van der Waals surface area contributed by atoms with E-state index in [1.54, 1.807) is 11.3 Å². The molecule has 0 bridgehead atoms. The van der Waals surface area contributed by atoms with Crippen LogP contribution in [0.5, 0.6) is 0 Å². The lowest BCUT2D eigenvalue weighted by Crippen LogP contribution is -2.50. The summed E-state index contributed by atoms with van der Waals surface area (Å²) in [7, 11) is 0. The number of carbonyl (C=O) groups is 1. The summed E-state index contributed by atoms with van der Waals surface area (Å²) >= 11 is 1.70. The van der Waals surface area contributed by atoms with Crippen molar-refractivity contribution in [1.29, 1.82) is 0 Å². The molecule has 0 aromatic carbocycles. The van der Waals surface area contributed by atoms with Crippen molar-refractivity contribution in [2.45, 2.75) is 31.7 Å². The van der Waals surface area contributed by atoms with Gasteiger partial charge < -0.3 is 10.1 Å². The maximum absolute atomic E-state index is 12.0. The third-order valence-electron chi connectivity index (χ3n) is 2.97. The topological polar surface area (TPSA) is 38.3 Å². The number of carbonyl (C=O) groups excluding carboxylic acids is 1. The molecule has 1 aliphatic heterocycles. The van der Waals surface area contributed by atoms with Gasteiger partial charge >= 0.3 is 5.97 Å². The number of nitrogens with one attached hydrogen (secondary N) is 1. The second-order valence-electron chi connectivity index (χ2n) is 4.09. The van der Waals surface area contributed by atoms with Crippen LogP contribution >= 0.6 is 11.3 Å². The Labute approximate surface area is 99.8 Å². The first-order chi connectivity index (χ1) is 7.77. The summed E-state index contributed by atoms with van der Waals surface area (Å²) in [6.45, 7) is 3.21. The van der Waals surface area contributed by atoms with Crippen molar-refractivity contribution in [3.05, 3.63) is 22.4 Å². The van der Waals surface area contributed by atoms with Gasteiger partial charge in [0.2, 0.25) is 0 Å². The highest BCUT2D eigenvalue weighted by Crippen LogP contribution is 2.27. The van der Waals surface area contributed by atoms with E-state index in [0.717, 1.165) is 25.8 Å². The smallest absolute Gasteiger partial charge is 0.326 e. The first-order valence-corrected chi connectivity index (χ1v) is 6.59. The van der Waals surface area contributed by atoms with Gasteiger partial charge in [-0.1, -0.05) is 6.07 Å². The van der Waals surface area contributed by atoms with Gasteiger partial charge in [0.05, 0.1) is 6.61 Å². The molecule has 1 unspecified atom stereocenters. The van der Waals surface area contributed by atoms with Crippen LogP contribution in [0.2, 0.25) is 0 Å². The quantitative estimate of drug-likeness (QED) is 0.816. The Morgan fingerprint density at radius 2 is 2.56 bits per heavy atom. The SMILES string of the molecule is CCOC(=O)C1(Cc2cccs2)CCCN1. The van der Waals surface area contributed by atoms with E-state index in [2.05, 4.69) is 11.4 Å². The van der Waals surface area contributed by atoms with Gasteiger partial charge in [-0.15, -0.1) is 11.3 Å². The van der Waals surface area contributed by atoms with E-state index in [1.807, 2.05) is 18.4 Å². The highest BCUT2D eigenvalue weighted by atomic mass is 32.1. The molecule has 0 saturated carbocycles. The standard InChI is InChI=1S/C12H17NO2S/c1-2-15-11(14)12(6-4-7-13-12)9-10-5-3-8-16-10/h3,5,8,13H,2,4,6-7,9H2,1H3. The summed E-state index contributed by atoms with van der Waals surface area (Å²) < 4.78 is 5.18. The molecule has 1 aromatic heterocycles. The van der Waals surface area contributed by atoms with E-state index in [9.17, 15) is 4.79 Å². The fourth-order valence-corrected chi connectivity index (χ4v) is 3.00. The van der Waals surface area contributed by atoms with Crippen LogP contribution in [0.25, 0.3) is 0 Å². The average Bonchev–Trinajstić information content (AvgIpc) is 2.91. The number of hydrogen-bond donors (Lipinski definition) is 1. The van der Waals surface area contributed by atoms with Gasteiger partial charge in [0.25, 0.3) is 0 Å². The number of ether oxygens (including phenoxy) is 1. The Kier molecular flexibility index (Phi) is 3.61. The van der Waals surface area contributed by atoms with E-state index in [0.29, 0.717) is 6.61 Å².